The number of aromatic nitrogens is 1. The Kier molecular flexibility index (Phi) is 4.58. The summed E-state index contributed by atoms with van der Waals surface area (Å²) in [4.78, 5) is 32.7. The van der Waals surface area contributed by atoms with Gasteiger partial charge in [0.1, 0.15) is 9.71 Å². The molecule has 0 saturated carbocycles. The number of piperidine rings is 1. The van der Waals surface area contributed by atoms with Crippen LogP contribution in [0.5, 0.6) is 0 Å². The van der Waals surface area contributed by atoms with Crippen LogP contribution in [0.25, 0.3) is 10.2 Å². The van der Waals surface area contributed by atoms with Crippen molar-refractivity contribution in [2.24, 2.45) is 0 Å². The molecule has 1 saturated heterocycles. The van der Waals surface area contributed by atoms with Crippen molar-refractivity contribution in [3.8, 4) is 0 Å². The molecule has 1 aliphatic heterocycles. The van der Waals surface area contributed by atoms with Crippen LogP contribution in [0, 0.1) is 20.8 Å². The van der Waals surface area contributed by atoms with Crippen molar-refractivity contribution in [1.29, 1.82) is 0 Å². The Morgan fingerprint density at radius 2 is 1.75 bits per heavy atom. The van der Waals surface area contributed by atoms with Crippen LogP contribution in [-0.2, 0) is 4.79 Å². The van der Waals surface area contributed by atoms with Gasteiger partial charge in [-0.2, -0.15) is 0 Å². The third-order valence-electron chi connectivity index (χ3n) is 4.78. The van der Waals surface area contributed by atoms with Gasteiger partial charge in [0, 0.05) is 31.1 Å². The normalized spacial score (nSPS) is 14.9. The number of rotatable bonds is 2. The molecule has 2 aromatic heterocycles. The predicted octanol–water partition coefficient (Wildman–Crippen LogP) is 3.81. The molecule has 128 valence electrons. The lowest BCUT2D eigenvalue weighted by atomic mass is 10.0. The van der Waals surface area contributed by atoms with E-state index in [1.807, 2.05) is 25.7 Å². The van der Waals surface area contributed by atoms with Gasteiger partial charge in [0.15, 0.2) is 0 Å². The molecule has 0 spiro atoms. The fourth-order valence-electron chi connectivity index (χ4n) is 3.23. The van der Waals surface area contributed by atoms with E-state index in [1.165, 1.54) is 24.7 Å². The van der Waals surface area contributed by atoms with Gasteiger partial charge in [0.25, 0.3) is 5.91 Å². The van der Waals surface area contributed by atoms with Gasteiger partial charge in [-0.25, -0.2) is 4.98 Å². The SMILES string of the molecule is CC(=O)Nc1c(C(=O)N2CCCCC2)sc2nc(C)c(C)c(C)c12. The fraction of sp³-hybridized carbons (Fsp3) is 0.500. The molecule has 1 aliphatic rings. The van der Waals surface area contributed by atoms with Gasteiger partial charge in [0.2, 0.25) is 5.91 Å². The maximum atomic E-state index is 13.0. The predicted molar refractivity (Wildman–Crippen MR) is 97.9 cm³/mol. The summed E-state index contributed by atoms with van der Waals surface area (Å²) in [6.07, 6.45) is 3.26. The zero-order valence-corrected chi connectivity index (χ0v) is 15.5. The van der Waals surface area contributed by atoms with Gasteiger partial charge >= 0.3 is 0 Å². The summed E-state index contributed by atoms with van der Waals surface area (Å²) in [6, 6.07) is 0. The third kappa shape index (κ3) is 2.90. The summed E-state index contributed by atoms with van der Waals surface area (Å²) in [5.41, 5.74) is 3.78. The number of carbonyl (C=O) groups excluding carboxylic acids is 2. The summed E-state index contributed by atoms with van der Waals surface area (Å²) in [7, 11) is 0. The van der Waals surface area contributed by atoms with Crippen LogP contribution < -0.4 is 5.32 Å². The number of likely N-dealkylation sites (tertiary alicyclic amines) is 1. The standard InChI is InChI=1S/C18H23N3O2S/c1-10-11(2)14-15(20-13(4)22)16(24-17(14)19-12(10)3)18(23)21-8-6-5-7-9-21/h5-9H2,1-4H3,(H,20,22). The zero-order chi connectivity index (χ0) is 17.4. The first-order valence-corrected chi connectivity index (χ1v) is 9.19. The minimum absolute atomic E-state index is 0.0103. The van der Waals surface area contributed by atoms with Crippen molar-refractivity contribution in [3.63, 3.8) is 0 Å². The highest BCUT2D eigenvalue weighted by atomic mass is 32.1. The van der Waals surface area contributed by atoms with E-state index >= 15 is 0 Å². The van der Waals surface area contributed by atoms with E-state index in [4.69, 9.17) is 0 Å². The first-order valence-electron chi connectivity index (χ1n) is 8.37. The molecule has 0 unspecified atom stereocenters. The van der Waals surface area contributed by atoms with Crippen LogP contribution in [0.3, 0.4) is 0 Å². The van der Waals surface area contributed by atoms with E-state index in [1.54, 1.807) is 0 Å². The Labute approximate surface area is 146 Å². The van der Waals surface area contributed by atoms with Crippen molar-refractivity contribution < 1.29 is 9.59 Å². The van der Waals surface area contributed by atoms with E-state index in [0.717, 1.165) is 53.0 Å². The number of carbonyl (C=O) groups is 2. The number of nitrogens with one attached hydrogen (secondary N) is 1. The van der Waals surface area contributed by atoms with Gasteiger partial charge in [0.05, 0.1) is 5.69 Å². The Balaban J connectivity index is 2.17. The molecule has 1 N–H and O–H groups in total. The highest BCUT2D eigenvalue weighted by Gasteiger charge is 2.27. The average molecular weight is 345 g/mol. The number of thiophene rings is 1. The van der Waals surface area contributed by atoms with Gasteiger partial charge in [-0.15, -0.1) is 11.3 Å². The molecule has 3 rings (SSSR count). The van der Waals surface area contributed by atoms with Crippen molar-refractivity contribution in [3.05, 3.63) is 21.7 Å². The molecule has 2 amide bonds. The summed E-state index contributed by atoms with van der Waals surface area (Å²) in [6.45, 7) is 9.08. The summed E-state index contributed by atoms with van der Waals surface area (Å²) in [5.74, 6) is -0.156. The van der Waals surface area contributed by atoms with E-state index in [9.17, 15) is 9.59 Å². The first kappa shape index (κ1) is 16.9. The quantitative estimate of drug-likeness (QED) is 0.900. The van der Waals surface area contributed by atoms with Crippen molar-refractivity contribution in [2.45, 2.75) is 47.0 Å². The second-order valence-electron chi connectivity index (χ2n) is 6.47. The van der Waals surface area contributed by atoms with E-state index < -0.39 is 0 Å². The lowest BCUT2D eigenvalue weighted by Crippen LogP contribution is -2.35. The Morgan fingerprint density at radius 3 is 2.38 bits per heavy atom. The zero-order valence-electron chi connectivity index (χ0n) is 14.7. The Bertz CT molecular complexity index is 820. The number of nitrogens with zero attached hydrogens (tertiary/aromatic N) is 2. The Hall–Kier alpha value is -1.95. The molecular formula is C18H23N3O2S. The fourth-order valence-corrected chi connectivity index (χ4v) is 4.43. The van der Waals surface area contributed by atoms with Gasteiger partial charge in [-0.05, 0) is 51.2 Å². The maximum Gasteiger partial charge on any atom is 0.266 e. The highest BCUT2D eigenvalue weighted by molar-refractivity contribution is 7.21. The molecule has 0 radical (unpaired) electrons. The van der Waals surface area contributed by atoms with Crippen molar-refractivity contribution in [2.75, 3.05) is 18.4 Å². The van der Waals surface area contributed by atoms with Crippen LogP contribution in [0.15, 0.2) is 0 Å². The number of amides is 2. The molecule has 3 heterocycles. The molecule has 0 atom stereocenters. The molecule has 5 nitrogen and oxygen atoms in total. The topological polar surface area (TPSA) is 62.3 Å². The largest absolute Gasteiger partial charge is 0.338 e. The highest BCUT2D eigenvalue weighted by Crippen LogP contribution is 2.39. The number of pyridine rings is 1. The number of hydrogen-bond donors (Lipinski definition) is 1. The number of anilines is 1. The second-order valence-corrected chi connectivity index (χ2v) is 7.47. The lowest BCUT2D eigenvalue weighted by molar-refractivity contribution is -0.114. The molecular weight excluding hydrogens is 322 g/mol. The summed E-state index contributed by atoms with van der Waals surface area (Å²) < 4.78 is 0. The second kappa shape index (κ2) is 6.51. The average Bonchev–Trinajstić information content (AvgIpc) is 2.90. The van der Waals surface area contributed by atoms with Crippen LogP contribution in [-0.4, -0.2) is 34.8 Å². The minimum atomic E-state index is -0.167. The van der Waals surface area contributed by atoms with E-state index in [2.05, 4.69) is 10.3 Å². The van der Waals surface area contributed by atoms with E-state index in [-0.39, 0.29) is 11.8 Å². The number of fused-ring (bicyclic) bond motifs is 1. The molecule has 1 fully saturated rings. The smallest absolute Gasteiger partial charge is 0.266 e. The van der Waals surface area contributed by atoms with Gasteiger partial charge in [-0.1, -0.05) is 0 Å². The maximum absolute atomic E-state index is 13.0. The Morgan fingerprint density at radius 1 is 1.08 bits per heavy atom. The van der Waals surface area contributed by atoms with Crippen molar-refractivity contribution in [1.82, 2.24) is 9.88 Å². The third-order valence-corrected chi connectivity index (χ3v) is 5.85. The number of aryl methyl sites for hydroxylation is 2. The van der Waals surface area contributed by atoms with Crippen LogP contribution in [0.2, 0.25) is 0 Å². The summed E-state index contributed by atoms with van der Waals surface area (Å²) >= 11 is 1.39. The van der Waals surface area contributed by atoms with Crippen LogP contribution in [0.4, 0.5) is 5.69 Å². The molecule has 6 heteroatoms. The number of hydrogen-bond acceptors (Lipinski definition) is 4. The summed E-state index contributed by atoms with van der Waals surface area (Å²) in [5, 5.41) is 3.79. The van der Waals surface area contributed by atoms with Gasteiger partial charge < -0.3 is 10.2 Å². The molecule has 0 aliphatic carbocycles. The lowest BCUT2D eigenvalue weighted by Gasteiger charge is -2.26. The van der Waals surface area contributed by atoms with E-state index in [0.29, 0.717) is 10.6 Å². The minimum Gasteiger partial charge on any atom is -0.338 e. The molecule has 0 bridgehead atoms. The monoisotopic (exact) mass is 345 g/mol. The molecule has 0 aromatic carbocycles. The molecule has 24 heavy (non-hydrogen) atoms. The van der Waals surface area contributed by atoms with Crippen molar-refractivity contribution >= 4 is 39.1 Å². The first-order chi connectivity index (χ1) is 11.4. The van der Waals surface area contributed by atoms with Gasteiger partial charge in [-0.3, -0.25) is 9.59 Å². The van der Waals surface area contributed by atoms with Crippen LogP contribution in [0.1, 0.15) is 52.7 Å². The van der Waals surface area contributed by atoms with Crippen LogP contribution >= 0.6 is 11.3 Å². The molecule has 2 aromatic rings.